The summed E-state index contributed by atoms with van der Waals surface area (Å²) in [4.78, 5) is 0. The largest absolute Gasteiger partial charge is 0.412 e. The van der Waals surface area contributed by atoms with Gasteiger partial charge in [-0.25, -0.2) is 4.39 Å². The fraction of sp³-hybridized carbons (Fsp3) is 0.706. The molecule has 3 aliphatic carbocycles. The van der Waals surface area contributed by atoms with Crippen LogP contribution in [0.5, 0.6) is 0 Å². The quantitative estimate of drug-likeness (QED) is 0.168. The lowest BCUT2D eigenvalue weighted by molar-refractivity contribution is -0.0821. The van der Waals surface area contributed by atoms with E-state index < -0.39 is 17.9 Å². The first-order chi connectivity index (χ1) is 18.3. The molecular formula is C34H48F4. The Kier molecular flexibility index (Phi) is 11.0. The van der Waals surface area contributed by atoms with E-state index in [0.717, 1.165) is 12.8 Å². The van der Waals surface area contributed by atoms with Crippen LogP contribution < -0.4 is 0 Å². The second-order valence-electron chi connectivity index (χ2n) is 12.6. The molecule has 0 radical (unpaired) electrons. The van der Waals surface area contributed by atoms with Gasteiger partial charge in [0.1, 0.15) is 5.83 Å². The summed E-state index contributed by atoms with van der Waals surface area (Å²) < 4.78 is 51.3. The van der Waals surface area contributed by atoms with Crippen molar-refractivity contribution in [3.8, 4) is 0 Å². The molecule has 4 heteroatoms. The number of rotatable bonds is 9. The first-order valence-corrected chi connectivity index (χ1v) is 15.5. The van der Waals surface area contributed by atoms with Gasteiger partial charge in [0.05, 0.1) is 6.08 Å². The number of unbranched alkanes of at least 4 members (excludes halogenated alkanes) is 2. The monoisotopic (exact) mass is 532 g/mol. The van der Waals surface area contributed by atoms with Crippen molar-refractivity contribution in [1.29, 1.82) is 0 Å². The standard InChI is InChI=1S/C34H48F4/c1-2-3-4-5-25-8-14-28(15-9-25)29-16-10-26(11-17-29)6-7-27-12-18-30(19-13-27)31-20-22-32(23-21-31)33(35)24-34(36,37)38/h6-9,14-15,24,26-27,29-32H,2-5,10-13,16-23H2,1H3. The summed E-state index contributed by atoms with van der Waals surface area (Å²) in [5, 5.41) is 0. The van der Waals surface area contributed by atoms with Crippen molar-refractivity contribution in [1.82, 2.24) is 0 Å². The molecule has 0 N–H and O–H groups in total. The molecule has 0 bridgehead atoms. The Morgan fingerprint density at radius 3 is 1.79 bits per heavy atom. The van der Waals surface area contributed by atoms with E-state index in [2.05, 4.69) is 43.3 Å². The maximum atomic E-state index is 13.9. The van der Waals surface area contributed by atoms with E-state index in [1.165, 1.54) is 88.2 Å². The molecule has 1 aromatic carbocycles. The van der Waals surface area contributed by atoms with Crippen molar-refractivity contribution in [3.05, 3.63) is 59.4 Å². The number of allylic oxidation sites excluding steroid dienone is 4. The highest BCUT2D eigenvalue weighted by molar-refractivity contribution is 5.26. The van der Waals surface area contributed by atoms with E-state index in [-0.39, 0.29) is 6.08 Å². The van der Waals surface area contributed by atoms with Crippen LogP contribution in [0.3, 0.4) is 0 Å². The van der Waals surface area contributed by atoms with Crippen LogP contribution in [0.15, 0.2) is 48.3 Å². The summed E-state index contributed by atoms with van der Waals surface area (Å²) in [5.41, 5.74) is 3.01. The van der Waals surface area contributed by atoms with Crippen LogP contribution in [-0.4, -0.2) is 6.18 Å². The molecule has 3 saturated carbocycles. The predicted octanol–water partition coefficient (Wildman–Crippen LogP) is 11.3. The average Bonchev–Trinajstić information content (AvgIpc) is 2.92. The zero-order valence-corrected chi connectivity index (χ0v) is 23.3. The maximum Gasteiger partial charge on any atom is 0.412 e. The van der Waals surface area contributed by atoms with E-state index in [9.17, 15) is 17.6 Å². The Balaban J connectivity index is 1.14. The fourth-order valence-electron chi connectivity index (χ4n) is 7.44. The minimum absolute atomic E-state index is 0.130. The van der Waals surface area contributed by atoms with Gasteiger partial charge in [0.15, 0.2) is 0 Å². The third kappa shape index (κ3) is 8.98. The summed E-state index contributed by atoms with van der Waals surface area (Å²) in [6.45, 7) is 2.26. The van der Waals surface area contributed by atoms with E-state index in [4.69, 9.17) is 0 Å². The second kappa shape index (κ2) is 14.2. The number of alkyl halides is 3. The number of hydrogen-bond acceptors (Lipinski definition) is 0. The van der Waals surface area contributed by atoms with E-state index >= 15 is 0 Å². The molecule has 3 aliphatic rings. The summed E-state index contributed by atoms with van der Waals surface area (Å²) in [5.74, 6) is 1.85. The summed E-state index contributed by atoms with van der Waals surface area (Å²) in [6.07, 6.45) is 18.3. The summed E-state index contributed by atoms with van der Waals surface area (Å²) in [7, 11) is 0. The normalized spacial score (nSPS) is 31.6. The van der Waals surface area contributed by atoms with Crippen LogP contribution in [0.25, 0.3) is 0 Å². The average molecular weight is 533 g/mol. The molecular weight excluding hydrogens is 484 g/mol. The number of hydrogen-bond donors (Lipinski definition) is 0. The van der Waals surface area contributed by atoms with Crippen LogP contribution in [0.2, 0.25) is 0 Å². The van der Waals surface area contributed by atoms with Gasteiger partial charge in [0.2, 0.25) is 0 Å². The van der Waals surface area contributed by atoms with Crippen LogP contribution in [0.1, 0.15) is 120 Å². The molecule has 0 atom stereocenters. The molecule has 0 aliphatic heterocycles. The molecule has 0 nitrogen and oxygen atoms in total. The highest BCUT2D eigenvalue weighted by atomic mass is 19.4. The first kappa shape index (κ1) is 29.4. The lowest BCUT2D eigenvalue weighted by Crippen LogP contribution is -2.26. The lowest BCUT2D eigenvalue weighted by atomic mass is 9.69. The minimum Gasteiger partial charge on any atom is -0.212 e. The van der Waals surface area contributed by atoms with Crippen LogP contribution in [-0.2, 0) is 6.42 Å². The molecule has 212 valence electrons. The molecule has 0 heterocycles. The van der Waals surface area contributed by atoms with Crippen molar-refractivity contribution < 1.29 is 17.6 Å². The SMILES string of the molecule is CCCCCc1ccc(C2CCC(C=CC3CCC(C4CCC(C(F)=CC(F)(F)F)CC4)CC3)CC2)cc1. The zero-order chi connectivity index (χ0) is 27.0. The van der Waals surface area contributed by atoms with Crippen molar-refractivity contribution in [3.63, 3.8) is 0 Å². The third-order valence-corrected chi connectivity index (χ3v) is 9.89. The topological polar surface area (TPSA) is 0 Å². The summed E-state index contributed by atoms with van der Waals surface area (Å²) in [6, 6.07) is 9.45. The molecule has 38 heavy (non-hydrogen) atoms. The van der Waals surface area contributed by atoms with E-state index in [0.29, 0.717) is 42.4 Å². The van der Waals surface area contributed by atoms with Gasteiger partial charge in [-0.2, -0.15) is 13.2 Å². The summed E-state index contributed by atoms with van der Waals surface area (Å²) >= 11 is 0. The fourth-order valence-corrected chi connectivity index (χ4v) is 7.44. The van der Waals surface area contributed by atoms with Crippen LogP contribution >= 0.6 is 0 Å². The molecule has 0 aromatic heterocycles. The molecule has 0 saturated heterocycles. The predicted molar refractivity (Wildman–Crippen MR) is 150 cm³/mol. The van der Waals surface area contributed by atoms with Crippen LogP contribution in [0.4, 0.5) is 17.6 Å². The Bertz CT molecular complexity index is 872. The molecule has 4 rings (SSSR count). The molecule has 3 fully saturated rings. The van der Waals surface area contributed by atoms with Crippen molar-refractivity contribution in [2.75, 3.05) is 0 Å². The smallest absolute Gasteiger partial charge is 0.212 e. The van der Waals surface area contributed by atoms with Gasteiger partial charge in [-0.3, -0.25) is 0 Å². The Labute approximate surface area is 228 Å². The highest BCUT2D eigenvalue weighted by Gasteiger charge is 2.34. The minimum atomic E-state index is -4.55. The Morgan fingerprint density at radius 1 is 0.737 bits per heavy atom. The van der Waals surface area contributed by atoms with E-state index in [1.807, 2.05) is 0 Å². The number of halogens is 4. The Morgan fingerprint density at radius 2 is 1.26 bits per heavy atom. The van der Waals surface area contributed by atoms with Gasteiger partial charge in [0, 0.05) is 5.92 Å². The van der Waals surface area contributed by atoms with Gasteiger partial charge < -0.3 is 0 Å². The van der Waals surface area contributed by atoms with Crippen molar-refractivity contribution in [2.45, 2.75) is 122 Å². The molecule has 0 spiro atoms. The number of aryl methyl sites for hydroxylation is 1. The van der Waals surface area contributed by atoms with Crippen molar-refractivity contribution >= 4 is 0 Å². The first-order valence-electron chi connectivity index (χ1n) is 15.5. The zero-order valence-electron chi connectivity index (χ0n) is 23.3. The third-order valence-electron chi connectivity index (χ3n) is 9.89. The number of benzene rings is 1. The van der Waals surface area contributed by atoms with Gasteiger partial charge in [0.25, 0.3) is 0 Å². The molecule has 1 aromatic rings. The molecule has 0 amide bonds. The van der Waals surface area contributed by atoms with Crippen molar-refractivity contribution in [2.24, 2.45) is 29.6 Å². The Hall–Kier alpha value is -1.58. The van der Waals surface area contributed by atoms with E-state index in [1.54, 1.807) is 0 Å². The van der Waals surface area contributed by atoms with Gasteiger partial charge in [-0.1, -0.05) is 56.2 Å². The van der Waals surface area contributed by atoms with Crippen LogP contribution in [0, 0.1) is 29.6 Å². The highest BCUT2D eigenvalue weighted by Crippen LogP contribution is 2.44. The maximum absolute atomic E-state index is 13.9. The lowest BCUT2D eigenvalue weighted by Gasteiger charge is -2.37. The second-order valence-corrected chi connectivity index (χ2v) is 12.6. The van der Waals surface area contributed by atoms with Gasteiger partial charge in [-0.05, 0) is 131 Å². The molecule has 0 unspecified atom stereocenters. The van der Waals surface area contributed by atoms with Gasteiger partial charge >= 0.3 is 6.18 Å². The van der Waals surface area contributed by atoms with Gasteiger partial charge in [-0.15, -0.1) is 0 Å².